The van der Waals surface area contributed by atoms with Crippen LogP contribution in [-0.2, 0) is 0 Å². The minimum absolute atomic E-state index is 0.00417. The molecule has 4 nitrogen and oxygen atoms in total. The van der Waals surface area contributed by atoms with E-state index in [1.165, 1.54) is 12.3 Å². The van der Waals surface area contributed by atoms with Gasteiger partial charge in [-0.05, 0) is 37.9 Å². The van der Waals surface area contributed by atoms with Gasteiger partial charge in [0.2, 0.25) is 11.8 Å². The summed E-state index contributed by atoms with van der Waals surface area (Å²) in [6.07, 6.45) is 1.44. The molecule has 0 saturated carbocycles. The van der Waals surface area contributed by atoms with Crippen molar-refractivity contribution in [2.75, 3.05) is 5.73 Å². The van der Waals surface area contributed by atoms with Gasteiger partial charge in [0.15, 0.2) is 0 Å². The van der Waals surface area contributed by atoms with Crippen molar-refractivity contribution in [3.05, 3.63) is 38.1 Å². The topological polar surface area (TPSA) is 61.0 Å². The summed E-state index contributed by atoms with van der Waals surface area (Å²) in [5.74, 6) is -0.118. The van der Waals surface area contributed by atoms with E-state index >= 15 is 0 Å². The van der Waals surface area contributed by atoms with Crippen LogP contribution in [0.2, 0.25) is 5.02 Å². The lowest BCUT2D eigenvalue weighted by Crippen LogP contribution is -1.98. The standard InChI is InChI=1S/C10H5Br2ClFN3O/c11-4-1-6(13)7(14)2-8(4)18-9-5(12)3-16-10(15)17-9/h1-3H,(H2,15,16,17). The van der Waals surface area contributed by atoms with Crippen molar-refractivity contribution < 1.29 is 9.13 Å². The Labute approximate surface area is 124 Å². The molecule has 1 aromatic heterocycles. The van der Waals surface area contributed by atoms with Crippen LogP contribution in [0, 0.1) is 5.82 Å². The summed E-state index contributed by atoms with van der Waals surface area (Å²) >= 11 is 12.1. The van der Waals surface area contributed by atoms with Crippen molar-refractivity contribution in [3.8, 4) is 11.6 Å². The molecule has 2 aromatic rings. The fourth-order valence-corrected chi connectivity index (χ4v) is 2.11. The van der Waals surface area contributed by atoms with Gasteiger partial charge in [0, 0.05) is 6.07 Å². The number of nitrogen functional groups attached to an aromatic ring is 1. The molecule has 0 aliphatic carbocycles. The highest BCUT2D eigenvalue weighted by Gasteiger charge is 2.12. The molecule has 2 rings (SSSR count). The lowest BCUT2D eigenvalue weighted by atomic mass is 10.3. The quantitative estimate of drug-likeness (QED) is 0.773. The fourth-order valence-electron chi connectivity index (χ4n) is 1.12. The molecule has 0 aliphatic rings. The average Bonchev–Trinajstić information content (AvgIpc) is 2.30. The fraction of sp³-hybridized carbons (Fsp3) is 0. The highest BCUT2D eigenvalue weighted by molar-refractivity contribution is 9.11. The Morgan fingerprint density at radius 2 is 2.00 bits per heavy atom. The maximum Gasteiger partial charge on any atom is 0.238 e. The first kappa shape index (κ1) is 13.5. The van der Waals surface area contributed by atoms with E-state index in [0.717, 1.165) is 6.07 Å². The number of hydrogen-bond acceptors (Lipinski definition) is 4. The van der Waals surface area contributed by atoms with Gasteiger partial charge in [-0.2, -0.15) is 4.98 Å². The van der Waals surface area contributed by atoms with Crippen LogP contribution in [0.15, 0.2) is 27.3 Å². The van der Waals surface area contributed by atoms with E-state index < -0.39 is 5.82 Å². The summed E-state index contributed by atoms with van der Waals surface area (Å²) in [6.45, 7) is 0. The average molecular weight is 397 g/mol. The molecule has 0 atom stereocenters. The van der Waals surface area contributed by atoms with E-state index in [1.54, 1.807) is 0 Å². The van der Waals surface area contributed by atoms with Crippen molar-refractivity contribution in [1.29, 1.82) is 0 Å². The first-order valence-corrected chi connectivity index (χ1v) is 6.54. The zero-order chi connectivity index (χ0) is 13.3. The van der Waals surface area contributed by atoms with Gasteiger partial charge in [-0.1, -0.05) is 11.6 Å². The third-order valence-corrected chi connectivity index (χ3v) is 3.37. The zero-order valence-corrected chi connectivity index (χ0v) is 12.6. The van der Waals surface area contributed by atoms with Crippen molar-refractivity contribution in [2.24, 2.45) is 0 Å². The Kier molecular flexibility index (Phi) is 4.04. The Morgan fingerprint density at radius 3 is 2.72 bits per heavy atom. The molecule has 2 N–H and O–H groups in total. The predicted octanol–water partition coefficient (Wildman–Crippen LogP) is 4.17. The zero-order valence-electron chi connectivity index (χ0n) is 8.62. The minimum Gasteiger partial charge on any atom is -0.436 e. The normalized spacial score (nSPS) is 10.4. The van der Waals surface area contributed by atoms with E-state index in [9.17, 15) is 4.39 Å². The molecule has 1 aromatic carbocycles. The van der Waals surface area contributed by atoms with Gasteiger partial charge < -0.3 is 10.5 Å². The molecular formula is C10H5Br2ClFN3O. The number of ether oxygens (including phenoxy) is 1. The lowest BCUT2D eigenvalue weighted by molar-refractivity contribution is 0.451. The molecule has 0 unspecified atom stereocenters. The Hall–Kier alpha value is -0.920. The molecule has 0 spiro atoms. The third-order valence-electron chi connectivity index (χ3n) is 1.91. The van der Waals surface area contributed by atoms with Gasteiger partial charge in [0.25, 0.3) is 0 Å². The van der Waals surface area contributed by atoms with Gasteiger partial charge >= 0.3 is 0 Å². The van der Waals surface area contributed by atoms with Crippen LogP contribution in [0.1, 0.15) is 0 Å². The second-order valence-electron chi connectivity index (χ2n) is 3.18. The molecule has 0 bridgehead atoms. The van der Waals surface area contributed by atoms with E-state index in [2.05, 4.69) is 41.8 Å². The smallest absolute Gasteiger partial charge is 0.238 e. The summed E-state index contributed by atoms with van der Waals surface area (Å²) in [7, 11) is 0. The van der Waals surface area contributed by atoms with Crippen LogP contribution in [-0.4, -0.2) is 9.97 Å². The highest BCUT2D eigenvalue weighted by Crippen LogP contribution is 2.35. The van der Waals surface area contributed by atoms with Crippen molar-refractivity contribution in [2.45, 2.75) is 0 Å². The van der Waals surface area contributed by atoms with Gasteiger partial charge in [-0.3, -0.25) is 0 Å². The lowest BCUT2D eigenvalue weighted by Gasteiger charge is -2.09. The maximum atomic E-state index is 13.3. The SMILES string of the molecule is Nc1ncc(Br)c(Oc2cc(F)c(Cl)cc2Br)n1. The van der Waals surface area contributed by atoms with Gasteiger partial charge in [-0.15, -0.1) is 0 Å². The number of anilines is 1. The molecule has 0 amide bonds. The third kappa shape index (κ3) is 2.90. The van der Waals surface area contributed by atoms with Crippen LogP contribution in [0.25, 0.3) is 0 Å². The molecule has 0 fully saturated rings. The molecular weight excluding hydrogens is 392 g/mol. The number of benzene rings is 1. The largest absolute Gasteiger partial charge is 0.436 e. The number of aromatic nitrogens is 2. The van der Waals surface area contributed by atoms with Crippen LogP contribution in [0.3, 0.4) is 0 Å². The molecule has 0 radical (unpaired) electrons. The Bertz CT molecular complexity index is 612. The molecule has 18 heavy (non-hydrogen) atoms. The Balaban J connectivity index is 2.40. The van der Waals surface area contributed by atoms with E-state index in [4.69, 9.17) is 22.1 Å². The Morgan fingerprint density at radius 1 is 1.28 bits per heavy atom. The summed E-state index contributed by atoms with van der Waals surface area (Å²) in [4.78, 5) is 7.65. The second-order valence-corrected chi connectivity index (χ2v) is 5.30. The first-order chi connectivity index (χ1) is 8.47. The van der Waals surface area contributed by atoms with Crippen LogP contribution < -0.4 is 10.5 Å². The number of halogens is 4. The van der Waals surface area contributed by atoms with E-state index in [1.807, 2.05) is 0 Å². The van der Waals surface area contributed by atoms with Gasteiger partial charge in [-0.25, -0.2) is 9.37 Å². The van der Waals surface area contributed by atoms with Crippen molar-refractivity contribution in [1.82, 2.24) is 9.97 Å². The molecule has 1 heterocycles. The second kappa shape index (κ2) is 5.38. The van der Waals surface area contributed by atoms with Crippen molar-refractivity contribution >= 4 is 49.4 Å². The van der Waals surface area contributed by atoms with Gasteiger partial charge in [0.1, 0.15) is 11.6 Å². The van der Waals surface area contributed by atoms with Crippen LogP contribution in [0.4, 0.5) is 10.3 Å². The number of nitrogens with two attached hydrogens (primary N) is 1. The number of hydrogen-bond donors (Lipinski definition) is 1. The highest BCUT2D eigenvalue weighted by atomic mass is 79.9. The number of nitrogens with zero attached hydrogens (tertiary/aromatic N) is 2. The molecule has 8 heteroatoms. The minimum atomic E-state index is -0.590. The van der Waals surface area contributed by atoms with Crippen LogP contribution in [0.5, 0.6) is 11.6 Å². The van der Waals surface area contributed by atoms with Gasteiger partial charge in [0.05, 0.1) is 20.2 Å². The predicted molar refractivity (Wildman–Crippen MR) is 73.3 cm³/mol. The van der Waals surface area contributed by atoms with Crippen molar-refractivity contribution in [3.63, 3.8) is 0 Å². The van der Waals surface area contributed by atoms with E-state index in [-0.39, 0.29) is 22.6 Å². The first-order valence-electron chi connectivity index (χ1n) is 4.58. The molecule has 94 valence electrons. The van der Waals surface area contributed by atoms with E-state index in [0.29, 0.717) is 8.95 Å². The molecule has 0 saturated heterocycles. The maximum absolute atomic E-state index is 13.3. The summed E-state index contributed by atoms with van der Waals surface area (Å²) in [6, 6.07) is 2.54. The summed E-state index contributed by atoms with van der Waals surface area (Å²) < 4.78 is 19.8. The monoisotopic (exact) mass is 395 g/mol. The van der Waals surface area contributed by atoms with Crippen LogP contribution >= 0.6 is 43.5 Å². The summed E-state index contributed by atoms with van der Waals surface area (Å²) in [5, 5.41) is -0.00417. The molecule has 0 aliphatic heterocycles. The number of rotatable bonds is 2. The summed E-state index contributed by atoms with van der Waals surface area (Å²) in [5.41, 5.74) is 5.44.